The molecule has 0 atom stereocenters. The van der Waals surface area contributed by atoms with Crippen LogP contribution in [0.2, 0.25) is 0 Å². The Morgan fingerprint density at radius 2 is 2.25 bits per heavy atom. The van der Waals surface area contributed by atoms with E-state index >= 15 is 0 Å². The Morgan fingerprint density at radius 3 is 2.67 bits per heavy atom. The Morgan fingerprint density at radius 1 is 1.67 bits per heavy atom. The highest BCUT2D eigenvalue weighted by Gasteiger charge is 2.08. The van der Waals surface area contributed by atoms with Crippen LogP contribution in [0.15, 0.2) is 17.1 Å². The van der Waals surface area contributed by atoms with Crippen LogP contribution < -0.4 is 11.3 Å². The summed E-state index contributed by atoms with van der Waals surface area (Å²) in [5, 5.41) is 10.3. The zero-order valence-corrected chi connectivity index (χ0v) is 6.35. The van der Waals surface area contributed by atoms with Crippen LogP contribution in [0.25, 0.3) is 0 Å². The smallest absolute Gasteiger partial charge is 0.287 e. The molecule has 1 aromatic heterocycles. The van der Waals surface area contributed by atoms with Crippen molar-refractivity contribution in [3.05, 3.63) is 32.7 Å². The van der Waals surface area contributed by atoms with Crippen molar-refractivity contribution in [2.75, 3.05) is 5.73 Å². The molecular formula is C6H7N3O3. The van der Waals surface area contributed by atoms with Gasteiger partial charge < -0.3 is 10.3 Å². The third-order valence-electron chi connectivity index (χ3n) is 1.41. The molecule has 0 saturated carbocycles. The number of rotatable bonds is 1. The predicted octanol–water partition coefficient (Wildman–Crippen LogP) is -0.124. The predicted molar refractivity (Wildman–Crippen MR) is 42.7 cm³/mol. The molecule has 64 valence electrons. The number of hydrogen-bond donors (Lipinski definition) is 1. The van der Waals surface area contributed by atoms with Crippen molar-refractivity contribution in [1.82, 2.24) is 4.57 Å². The molecule has 12 heavy (non-hydrogen) atoms. The van der Waals surface area contributed by atoms with Gasteiger partial charge in [-0.2, -0.15) is 0 Å². The summed E-state index contributed by atoms with van der Waals surface area (Å²) in [6.45, 7) is 0. The van der Waals surface area contributed by atoms with Crippen LogP contribution in [-0.4, -0.2) is 9.49 Å². The highest BCUT2D eigenvalue weighted by atomic mass is 16.6. The van der Waals surface area contributed by atoms with Crippen LogP contribution in [0.3, 0.4) is 0 Å². The molecule has 6 nitrogen and oxygen atoms in total. The molecule has 0 saturated heterocycles. The Balaban J connectivity index is 3.41. The third-order valence-corrected chi connectivity index (χ3v) is 1.41. The molecular weight excluding hydrogens is 162 g/mol. The van der Waals surface area contributed by atoms with E-state index in [4.69, 9.17) is 5.73 Å². The number of anilines is 1. The van der Waals surface area contributed by atoms with Gasteiger partial charge in [0.25, 0.3) is 11.2 Å². The summed E-state index contributed by atoms with van der Waals surface area (Å²) in [6.07, 6.45) is 1.12. The second kappa shape index (κ2) is 2.65. The summed E-state index contributed by atoms with van der Waals surface area (Å²) in [4.78, 5) is 20.6. The number of nitrogen functional groups attached to an aromatic ring is 1. The van der Waals surface area contributed by atoms with E-state index in [1.807, 2.05) is 0 Å². The van der Waals surface area contributed by atoms with E-state index in [1.165, 1.54) is 7.05 Å². The lowest BCUT2D eigenvalue weighted by Gasteiger charge is -1.98. The number of aryl methyl sites for hydroxylation is 1. The van der Waals surface area contributed by atoms with Crippen LogP contribution in [0, 0.1) is 10.1 Å². The number of aromatic nitrogens is 1. The molecule has 0 spiro atoms. The van der Waals surface area contributed by atoms with Crippen molar-refractivity contribution in [3.8, 4) is 0 Å². The van der Waals surface area contributed by atoms with E-state index in [1.54, 1.807) is 0 Å². The summed E-state index contributed by atoms with van der Waals surface area (Å²) in [5.74, 6) is 0. The Kier molecular flexibility index (Phi) is 1.82. The average Bonchev–Trinajstić information content (AvgIpc) is 1.99. The van der Waals surface area contributed by atoms with E-state index < -0.39 is 10.5 Å². The lowest BCUT2D eigenvalue weighted by atomic mass is 10.4. The molecule has 6 heteroatoms. The lowest BCUT2D eigenvalue weighted by molar-refractivity contribution is -0.385. The largest absolute Gasteiger partial charge is 0.394 e. The van der Waals surface area contributed by atoms with Crippen molar-refractivity contribution in [2.24, 2.45) is 7.05 Å². The molecule has 0 aromatic carbocycles. The fourth-order valence-electron chi connectivity index (χ4n) is 0.819. The van der Waals surface area contributed by atoms with Gasteiger partial charge in [-0.05, 0) is 0 Å². The van der Waals surface area contributed by atoms with Gasteiger partial charge in [-0.15, -0.1) is 0 Å². The lowest BCUT2D eigenvalue weighted by Crippen LogP contribution is -2.19. The summed E-state index contributed by atoms with van der Waals surface area (Å²) in [5.41, 5.74) is 4.49. The monoisotopic (exact) mass is 169 g/mol. The fraction of sp³-hybridized carbons (Fsp3) is 0.167. The van der Waals surface area contributed by atoms with Crippen LogP contribution >= 0.6 is 0 Å². The average molecular weight is 169 g/mol. The first-order valence-electron chi connectivity index (χ1n) is 3.13. The van der Waals surface area contributed by atoms with Gasteiger partial charge in [-0.25, -0.2) is 0 Å². The molecule has 2 N–H and O–H groups in total. The quantitative estimate of drug-likeness (QED) is 0.468. The van der Waals surface area contributed by atoms with Crippen LogP contribution in [-0.2, 0) is 7.05 Å². The minimum absolute atomic E-state index is 0.119. The summed E-state index contributed by atoms with van der Waals surface area (Å²) in [7, 11) is 1.41. The van der Waals surface area contributed by atoms with Gasteiger partial charge in [-0.1, -0.05) is 0 Å². The normalized spacial score (nSPS) is 9.75. The summed E-state index contributed by atoms with van der Waals surface area (Å²) < 4.78 is 1.08. The topological polar surface area (TPSA) is 91.2 Å². The number of nitro groups is 1. The molecule has 0 bridgehead atoms. The van der Waals surface area contributed by atoms with Gasteiger partial charge in [0.2, 0.25) is 0 Å². The van der Waals surface area contributed by atoms with Crippen molar-refractivity contribution >= 4 is 11.4 Å². The molecule has 0 radical (unpaired) electrons. The van der Waals surface area contributed by atoms with Crippen molar-refractivity contribution in [3.63, 3.8) is 0 Å². The number of nitrogens with zero attached hydrogens (tertiary/aromatic N) is 2. The van der Waals surface area contributed by atoms with Gasteiger partial charge in [0.15, 0.2) is 0 Å². The van der Waals surface area contributed by atoms with Gasteiger partial charge in [0.05, 0.1) is 11.1 Å². The molecule has 0 aliphatic rings. The first-order valence-corrected chi connectivity index (χ1v) is 3.13. The summed E-state index contributed by atoms with van der Waals surface area (Å²) >= 11 is 0. The SMILES string of the molecule is Cn1cc([N+](=O)[O-])cc(N)c1=O. The summed E-state index contributed by atoms with van der Waals surface area (Å²) in [6, 6.07) is 1.04. The molecule has 1 rings (SSSR count). The third kappa shape index (κ3) is 1.26. The van der Waals surface area contributed by atoms with Crippen LogP contribution in [0.5, 0.6) is 0 Å². The molecule has 0 aliphatic carbocycles. The van der Waals surface area contributed by atoms with Crippen molar-refractivity contribution in [2.45, 2.75) is 0 Å². The molecule has 1 heterocycles. The first kappa shape index (κ1) is 8.25. The maximum atomic E-state index is 11.0. The maximum absolute atomic E-state index is 11.0. The minimum Gasteiger partial charge on any atom is -0.394 e. The van der Waals surface area contributed by atoms with Crippen molar-refractivity contribution < 1.29 is 4.92 Å². The van der Waals surface area contributed by atoms with Gasteiger partial charge >= 0.3 is 0 Å². The Hall–Kier alpha value is -1.85. The highest BCUT2D eigenvalue weighted by Crippen LogP contribution is 2.09. The van der Waals surface area contributed by atoms with E-state index in [2.05, 4.69) is 0 Å². The second-order valence-electron chi connectivity index (χ2n) is 2.33. The van der Waals surface area contributed by atoms with Crippen LogP contribution in [0.1, 0.15) is 0 Å². The zero-order chi connectivity index (χ0) is 9.30. The number of nitrogens with two attached hydrogens (primary N) is 1. The molecule has 1 aromatic rings. The van der Waals surface area contributed by atoms with Gasteiger partial charge in [0.1, 0.15) is 5.69 Å². The minimum atomic E-state index is -0.601. The van der Waals surface area contributed by atoms with Crippen LogP contribution in [0.4, 0.5) is 11.4 Å². The molecule has 0 amide bonds. The Bertz CT molecular complexity index is 356. The molecule has 0 fully saturated rings. The van der Waals surface area contributed by atoms with Gasteiger partial charge in [-0.3, -0.25) is 14.9 Å². The number of pyridine rings is 1. The van der Waals surface area contributed by atoms with E-state index in [9.17, 15) is 14.9 Å². The number of hydrogen-bond acceptors (Lipinski definition) is 4. The Labute approximate surface area is 67.4 Å². The maximum Gasteiger partial charge on any atom is 0.287 e. The standard InChI is InChI=1S/C6H7N3O3/c1-8-3-4(9(11)12)2-5(7)6(8)10/h2-3H,7H2,1H3. The van der Waals surface area contributed by atoms with Crippen molar-refractivity contribution in [1.29, 1.82) is 0 Å². The first-order chi connectivity index (χ1) is 5.52. The second-order valence-corrected chi connectivity index (χ2v) is 2.33. The fourth-order valence-corrected chi connectivity index (χ4v) is 0.819. The molecule has 0 aliphatic heterocycles. The molecule has 0 unspecified atom stereocenters. The zero-order valence-electron chi connectivity index (χ0n) is 6.35. The van der Waals surface area contributed by atoms with E-state index in [0.29, 0.717) is 0 Å². The van der Waals surface area contributed by atoms with E-state index in [0.717, 1.165) is 16.8 Å². The highest BCUT2D eigenvalue weighted by molar-refractivity contribution is 5.44. The van der Waals surface area contributed by atoms with Gasteiger partial charge in [0, 0.05) is 13.1 Å². The van der Waals surface area contributed by atoms with E-state index in [-0.39, 0.29) is 11.4 Å².